The van der Waals surface area contributed by atoms with E-state index in [0.717, 1.165) is 39.1 Å². The van der Waals surface area contributed by atoms with E-state index in [1.165, 1.54) is 25.7 Å². The Morgan fingerprint density at radius 2 is 1.76 bits per heavy atom. The molecule has 1 saturated heterocycles. The zero-order valence-corrected chi connectivity index (χ0v) is 13.6. The Kier molecular flexibility index (Phi) is 6.30. The molecule has 1 aliphatic carbocycles. The number of morpholine rings is 1. The summed E-state index contributed by atoms with van der Waals surface area (Å²) in [4.78, 5) is 14.5. The van der Waals surface area contributed by atoms with Crippen molar-refractivity contribution in [1.29, 1.82) is 0 Å². The first kappa shape index (κ1) is 16.6. The molecule has 122 valence electrons. The van der Waals surface area contributed by atoms with Crippen LogP contribution in [0.1, 0.15) is 52.4 Å². The van der Waals surface area contributed by atoms with Crippen molar-refractivity contribution < 1.29 is 9.53 Å². The monoisotopic (exact) mass is 297 g/mol. The Hall–Kier alpha value is -0.810. The molecule has 0 atom stereocenters. The summed E-state index contributed by atoms with van der Waals surface area (Å²) in [5.74, 6) is 0. The first-order chi connectivity index (χ1) is 10.1. The van der Waals surface area contributed by atoms with Crippen molar-refractivity contribution >= 4 is 6.03 Å². The Labute approximate surface area is 128 Å². The number of hydrogen-bond donors (Lipinski definition) is 2. The molecule has 5 nitrogen and oxygen atoms in total. The summed E-state index contributed by atoms with van der Waals surface area (Å²) < 4.78 is 5.39. The molecule has 0 aromatic rings. The lowest BCUT2D eigenvalue weighted by Crippen LogP contribution is -2.56. The summed E-state index contributed by atoms with van der Waals surface area (Å²) in [6, 6.07) is 0.349. The summed E-state index contributed by atoms with van der Waals surface area (Å²) in [7, 11) is 0. The van der Waals surface area contributed by atoms with Gasteiger partial charge in [-0.1, -0.05) is 25.7 Å². The van der Waals surface area contributed by atoms with Gasteiger partial charge in [-0.15, -0.1) is 0 Å². The van der Waals surface area contributed by atoms with E-state index in [1.807, 2.05) is 0 Å². The Bertz CT molecular complexity index is 319. The van der Waals surface area contributed by atoms with Gasteiger partial charge in [0.25, 0.3) is 0 Å². The van der Waals surface area contributed by atoms with Crippen LogP contribution in [0.15, 0.2) is 0 Å². The second-order valence-electron chi connectivity index (χ2n) is 6.93. The van der Waals surface area contributed by atoms with E-state index in [9.17, 15) is 4.79 Å². The van der Waals surface area contributed by atoms with Gasteiger partial charge in [0.15, 0.2) is 0 Å². The van der Waals surface area contributed by atoms with Crippen molar-refractivity contribution in [3.63, 3.8) is 0 Å². The average Bonchev–Trinajstić information content (AvgIpc) is 2.75. The highest BCUT2D eigenvalue weighted by Crippen LogP contribution is 2.17. The summed E-state index contributed by atoms with van der Waals surface area (Å²) in [6.07, 6.45) is 7.35. The summed E-state index contributed by atoms with van der Waals surface area (Å²) in [6.45, 7) is 8.51. The number of carbonyl (C=O) groups is 1. The quantitative estimate of drug-likeness (QED) is 0.782. The maximum absolute atomic E-state index is 12.1. The van der Waals surface area contributed by atoms with Crippen molar-refractivity contribution in [2.75, 3.05) is 32.8 Å². The number of ether oxygens (including phenoxy) is 1. The minimum absolute atomic E-state index is 0.0109. The van der Waals surface area contributed by atoms with Gasteiger partial charge in [-0.25, -0.2) is 4.79 Å². The van der Waals surface area contributed by atoms with Gasteiger partial charge in [-0.05, 0) is 26.7 Å². The van der Waals surface area contributed by atoms with Crippen molar-refractivity contribution in [1.82, 2.24) is 15.5 Å². The lowest BCUT2D eigenvalue weighted by molar-refractivity contribution is -0.00876. The molecule has 2 amide bonds. The number of carbonyl (C=O) groups excluding carboxylic acids is 1. The van der Waals surface area contributed by atoms with Crippen molar-refractivity contribution in [2.45, 2.75) is 64.0 Å². The zero-order valence-electron chi connectivity index (χ0n) is 13.6. The van der Waals surface area contributed by atoms with Crippen LogP contribution in [0.3, 0.4) is 0 Å². The minimum atomic E-state index is -0.0232. The molecule has 2 N–H and O–H groups in total. The van der Waals surface area contributed by atoms with Gasteiger partial charge in [0.2, 0.25) is 0 Å². The molecule has 0 aromatic carbocycles. The molecule has 2 fully saturated rings. The van der Waals surface area contributed by atoms with Crippen LogP contribution in [-0.4, -0.2) is 55.4 Å². The van der Waals surface area contributed by atoms with E-state index in [4.69, 9.17) is 4.74 Å². The molecule has 1 heterocycles. The highest BCUT2D eigenvalue weighted by Gasteiger charge is 2.28. The van der Waals surface area contributed by atoms with Gasteiger partial charge in [0, 0.05) is 31.2 Å². The van der Waals surface area contributed by atoms with Gasteiger partial charge < -0.3 is 15.4 Å². The fraction of sp³-hybridized carbons (Fsp3) is 0.938. The van der Waals surface area contributed by atoms with Gasteiger partial charge in [-0.3, -0.25) is 4.90 Å². The molecule has 2 aliphatic rings. The number of nitrogens with one attached hydrogen (secondary N) is 2. The van der Waals surface area contributed by atoms with E-state index >= 15 is 0 Å². The third kappa shape index (κ3) is 5.47. The number of nitrogens with zero attached hydrogens (tertiary/aromatic N) is 1. The van der Waals surface area contributed by atoms with E-state index in [0.29, 0.717) is 12.6 Å². The predicted octanol–water partition coefficient (Wildman–Crippen LogP) is 2.12. The summed E-state index contributed by atoms with van der Waals surface area (Å²) in [5, 5.41) is 6.20. The zero-order chi connectivity index (χ0) is 15.1. The van der Waals surface area contributed by atoms with Crippen LogP contribution in [0.2, 0.25) is 0 Å². The Morgan fingerprint density at radius 1 is 1.14 bits per heavy atom. The third-order valence-corrected chi connectivity index (χ3v) is 4.74. The molecule has 0 bridgehead atoms. The standard InChI is InChI=1S/C16H31N3O2/c1-16(2,19-9-11-21-12-10-19)13-17-15(20)18-14-7-5-3-4-6-8-14/h14H,3-13H2,1-2H3,(H2,17,18,20). The maximum atomic E-state index is 12.1. The minimum Gasteiger partial charge on any atom is -0.379 e. The molecule has 0 aromatic heterocycles. The molecule has 21 heavy (non-hydrogen) atoms. The van der Waals surface area contributed by atoms with Crippen LogP contribution in [-0.2, 0) is 4.74 Å². The smallest absolute Gasteiger partial charge is 0.315 e. The van der Waals surface area contributed by atoms with Crippen LogP contribution < -0.4 is 10.6 Å². The largest absolute Gasteiger partial charge is 0.379 e. The van der Waals surface area contributed by atoms with E-state index in [-0.39, 0.29) is 11.6 Å². The van der Waals surface area contributed by atoms with Crippen LogP contribution in [0.4, 0.5) is 4.79 Å². The van der Waals surface area contributed by atoms with Crippen LogP contribution in [0.25, 0.3) is 0 Å². The number of amides is 2. The molecule has 2 rings (SSSR count). The molecule has 0 spiro atoms. The predicted molar refractivity (Wildman–Crippen MR) is 84.5 cm³/mol. The number of rotatable bonds is 4. The Morgan fingerprint density at radius 3 is 2.38 bits per heavy atom. The second kappa shape index (κ2) is 7.99. The number of urea groups is 1. The van der Waals surface area contributed by atoms with Crippen LogP contribution in [0.5, 0.6) is 0 Å². The Balaban J connectivity index is 1.71. The van der Waals surface area contributed by atoms with Gasteiger partial charge in [-0.2, -0.15) is 0 Å². The lowest BCUT2D eigenvalue weighted by Gasteiger charge is -2.40. The van der Waals surface area contributed by atoms with Crippen molar-refractivity contribution in [3.05, 3.63) is 0 Å². The maximum Gasteiger partial charge on any atom is 0.315 e. The molecule has 0 radical (unpaired) electrons. The van der Waals surface area contributed by atoms with Crippen LogP contribution in [0, 0.1) is 0 Å². The molecule has 1 saturated carbocycles. The highest BCUT2D eigenvalue weighted by atomic mass is 16.5. The fourth-order valence-corrected chi connectivity index (χ4v) is 3.24. The van der Waals surface area contributed by atoms with Crippen LogP contribution >= 0.6 is 0 Å². The van der Waals surface area contributed by atoms with E-state index in [1.54, 1.807) is 0 Å². The molecular weight excluding hydrogens is 266 g/mol. The molecule has 0 unspecified atom stereocenters. The van der Waals surface area contributed by atoms with E-state index < -0.39 is 0 Å². The third-order valence-electron chi connectivity index (χ3n) is 4.74. The fourth-order valence-electron chi connectivity index (χ4n) is 3.24. The highest BCUT2D eigenvalue weighted by molar-refractivity contribution is 5.74. The first-order valence-corrected chi connectivity index (χ1v) is 8.45. The number of hydrogen-bond acceptors (Lipinski definition) is 3. The van der Waals surface area contributed by atoms with Gasteiger partial charge >= 0.3 is 6.03 Å². The topological polar surface area (TPSA) is 53.6 Å². The molecular formula is C16H31N3O2. The van der Waals surface area contributed by atoms with E-state index in [2.05, 4.69) is 29.4 Å². The van der Waals surface area contributed by atoms with Crippen molar-refractivity contribution in [2.24, 2.45) is 0 Å². The first-order valence-electron chi connectivity index (χ1n) is 8.45. The lowest BCUT2D eigenvalue weighted by atomic mass is 10.0. The molecule has 1 aliphatic heterocycles. The second-order valence-corrected chi connectivity index (χ2v) is 6.93. The van der Waals surface area contributed by atoms with Crippen molar-refractivity contribution in [3.8, 4) is 0 Å². The van der Waals surface area contributed by atoms with Gasteiger partial charge in [0.1, 0.15) is 0 Å². The van der Waals surface area contributed by atoms with Gasteiger partial charge in [0.05, 0.1) is 13.2 Å². The normalized spacial score (nSPS) is 22.6. The SMILES string of the molecule is CC(C)(CNC(=O)NC1CCCCCC1)N1CCOCC1. The molecule has 5 heteroatoms. The average molecular weight is 297 g/mol. The summed E-state index contributed by atoms with van der Waals surface area (Å²) in [5.41, 5.74) is -0.0232. The summed E-state index contributed by atoms with van der Waals surface area (Å²) >= 11 is 0.